The van der Waals surface area contributed by atoms with Crippen LogP contribution in [-0.4, -0.2) is 20.9 Å². The standard InChI is InChI=1S/C22H19ClN4O/c1-15-4-2-3-5-18(15)14-27-21-11-8-17(12-20(21)25-26-27)22(28)24-13-16-6-9-19(23)10-7-16/h2-12H,13-14H2,1H3,(H,24,28). The Hall–Kier alpha value is -3.18. The summed E-state index contributed by atoms with van der Waals surface area (Å²) in [6.07, 6.45) is 0. The molecule has 0 fully saturated rings. The second-order valence-corrected chi connectivity index (χ2v) is 7.12. The summed E-state index contributed by atoms with van der Waals surface area (Å²) < 4.78 is 1.85. The van der Waals surface area contributed by atoms with Crippen molar-refractivity contribution in [3.63, 3.8) is 0 Å². The van der Waals surface area contributed by atoms with Crippen LogP contribution < -0.4 is 5.32 Å². The first-order valence-electron chi connectivity index (χ1n) is 9.00. The van der Waals surface area contributed by atoms with Crippen LogP contribution in [0.2, 0.25) is 5.02 Å². The maximum Gasteiger partial charge on any atom is 0.251 e. The third-order valence-electron chi connectivity index (χ3n) is 4.72. The Bertz CT molecular complexity index is 1130. The molecule has 0 unspecified atom stereocenters. The maximum atomic E-state index is 12.5. The van der Waals surface area contributed by atoms with Gasteiger partial charge in [-0.05, 0) is 53.9 Å². The molecule has 5 nitrogen and oxygen atoms in total. The predicted octanol–water partition coefficient (Wildman–Crippen LogP) is 4.37. The van der Waals surface area contributed by atoms with Gasteiger partial charge in [0, 0.05) is 17.1 Å². The Morgan fingerprint density at radius 1 is 1.07 bits per heavy atom. The molecule has 1 N–H and O–H groups in total. The minimum atomic E-state index is -0.148. The summed E-state index contributed by atoms with van der Waals surface area (Å²) in [5.41, 5.74) is 5.56. The van der Waals surface area contributed by atoms with E-state index in [1.165, 1.54) is 11.1 Å². The topological polar surface area (TPSA) is 59.8 Å². The third kappa shape index (κ3) is 3.89. The van der Waals surface area contributed by atoms with Gasteiger partial charge in [0.2, 0.25) is 0 Å². The van der Waals surface area contributed by atoms with Crippen LogP contribution in [0, 0.1) is 6.92 Å². The molecule has 1 heterocycles. The number of halogens is 1. The number of hydrogen-bond acceptors (Lipinski definition) is 3. The van der Waals surface area contributed by atoms with Gasteiger partial charge in [0.25, 0.3) is 5.91 Å². The molecular weight excluding hydrogens is 372 g/mol. The zero-order valence-electron chi connectivity index (χ0n) is 15.4. The van der Waals surface area contributed by atoms with E-state index in [0.29, 0.717) is 29.2 Å². The minimum absolute atomic E-state index is 0.148. The molecule has 0 aliphatic rings. The average Bonchev–Trinajstić information content (AvgIpc) is 3.11. The molecule has 1 amide bonds. The van der Waals surface area contributed by atoms with Crippen LogP contribution in [-0.2, 0) is 13.1 Å². The normalized spacial score (nSPS) is 10.9. The Morgan fingerprint density at radius 3 is 2.64 bits per heavy atom. The Kier molecular flexibility index (Phi) is 5.08. The second kappa shape index (κ2) is 7.82. The van der Waals surface area contributed by atoms with Crippen LogP contribution in [0.4, 0.5) is 0 Å². The zero-order valence-corrected chi connectivity index (χ0v) is 16.1. The van der Waals surface area contributed by atoms with Gasteiger partial charge in [0.15, 0.2) is 0 Å². The molecule has 0 saturated carbocycles. The second-order valence-electron chi connectivity index (χ2n) is 6.69. The lowest BCUT2D eigenvalue weighted by Gasteiger charge is -2.07. The van der Waals surface area contributed by atoms with E-state index in [1.54, 1.807) is 12.1 Å². The van der Waals surface area contributed by atoms with Crippen LogP contribution in [0.5, 0.6) is 0 Å². The van der Waals surface area contributed by atoms with Gasteiger partial charge in [-0.2, -0.15) is 0 Å². The van der Waals surface area contributed by atoms with Gasteiger partial charge in [0.05, 0.1) is 12.1 Å². The van der Waals surface area contributed by atoms with Crippen molar-refractivity contribution < 1.29 is 4.79 Å². The molecule has 1 aromatic heterocycles. The zero-order chi connectivity index (χ0) is 19.5. The summed E-state index contributed by atoms with van der Waals surface area (Å²) in [6.45, 7) is 3.16. The number of nitrogens with one attached hydrogen (secondary N) is 1. The molecule has 4 rings (SSSR count). The minimum Gasteiger partial charge on any atom is -0.348 e. The largest absolute Gasteiger partial charge is 0.348 e. The molecule has 3 aromatic carbocycles. The van der Waals surface area contributed by atoms with Crippen LogP contribution in [0.25, 0.3) is 11.0 Å². The number of carbonyl (C=O) groups excluding carboxylic acids is 1. The molecule has 0 spiro atoms. The highest BCUT2D eigenvalue weighted by atomic mass is 35.5. The van der Waals surface area contributed by atoms with Crippen LogP contribution in [0.3, 0.4) is 0 Å². The van der Waals surface area contributed by atoms with Gasteiger partial charge in [-0.15, -0.1) is 5.10 Å². The number of hydrogen-bond donors (Lipinski definition) is 1. The summed E-state index contributed by atoms with van der Waals surface area (Å²) in [5, 5.41) is 12.1. The number of aryl methyl sites for hydroxylation is 1. The van der Waals surface area contributed by atoms with E-state index in [4.69, 9.17) is 11.6 Å². The average molecular weight is 391 g/mol. The number of rotatable bonds is 5. The van der Waals surface area contributed by atoms with E-state index in [0.717, 1.165) is 11.1 Å². The van der Waals surface area contributed by atoms with Gasteiger partial charge in [-0.25, -0.2) is 4.68 Å². The van der Waals surface area contributed by atoms with Crippen LogP contribution in [0.1, 0.15) is 27.0 Å². The van der Waals surface area contributed by atoms with E-state index < -0.39 is 0 Å². The van der Waals surface area contributed by atoms with Gasteiger partial charge < -0.3 is 5.32 Å². The number of benzene rings is 3. The van der Waals surface area contributed by atoms with Crippen LogP contribution >= 0.6 is 11.6 Å². The van der Waals surface area contributed by atoms with Crippen molar-refractivity contribution in [1.29, 1.82) is 0 Å². The highest BCUT2D eigenvalue weighted by Crippen LogP contribution is 2.17. The first-order chi connectivity index (χ1) is 13.6. The van der Waals surface area contributed by atoms with Crippen molar-refractivity contribution in [1.82, 2.24) is 20.3 Å². The molecule has 0 bridgehead atoms. The third-order valence-corrected chi connectivity index (χ3v) is 4.98. The van der Waals surface area contributed by atoms with Crippen molar-refractivity contribution in [3.05, 3.63) is 94.0 Å². The van der Waals surface area contributed by atoms with Crippen molar-refractivity contribution in [2.75, 3.05) is 0 Å². The smallest absolute Gasteiger partial charge is 0.251 e. The van der Waals surface area contributed by atoms with Crippen molar-refractivity contribution in [3.8, 4) is 0 Å². The maximum absolute atomic E-state index is 12.5. The van der Waals surface area contributed by atoms with E-state index in [1.807, 2.05) is 47.1 Å². The monoisotopic (exact) mass is 390 g/mol. The van der Waals surface area contributed by atoms with Gasteiger partial charge >= 0.3 is 0 Å². The quantitative estimate of drug-likeness (QED) is 0.550. The number of fused-ring (bicyclic) bond motifs is 1. The van der Waals surface area contributed by atoms with Crippen molar-refractivity contribution in [2.45, 2.75) is 20.0 Å². The molecule has 0 saturated heterocycles. The molecule has 4 aromatic rings. The lowest BCUT2D eigenvalue weighted by molar-refractivity contribution is 0.0951. The van der Waals surface area contributed by atoms with E-state index in [9.17, 15) is 4.79 Å². The Morgan fingerprint density at radius 2 is 1.86 bits per heavy atom. The van der Waals surface area contributed by atoms with Gasteiger partial charge in [-0.3, -0.25) is 4.79 Å². The van der Waals surface area contributed by atoms with E-state index >= 15 is 0 Å². The number of amides is 1. The number of aromatic nitrogens is 3. The van der Waals surface area contributed by atoms with Crippen LogP contribution in [0.15, 0.2) is 66.7 Å². The highest BCUT2D eigenvalue weighted by molar-refractivity contribution is 6.30. The molecule has 0 atom stereocenters. The summed E-state index contributed by atoms with van der Waals surface area (Å²) in [7, 11) is 0. The van der Waals surface area contributed by atoms with Gasteiger partial charge in [-0.1, -0.05) is 53.2 Å². The molecule has 28 heavy (non-hydrogen) atoms. The van der Waals surface area contributed by atoms with Crippen molar-refractivity contribution >= 4 is 28.5 Å². The molecule has 140 valence electrons. The van der Waals surface area contributed by atoms with Crippen molar-refractivity contribution in [2.24, 2.45) is 0 Å². The molecule has 0 radical (unpaired) electrons. The van der Waals surface area contributed by atoms with E-state index in [2.05, 4.69) is 34.7 Å². The SMILES string of the molecule is Cc1ccccc1Cn1nnc2cc(C(=O)NCc3ccc(Cl)cc3)ccc21. The summed E-state index contributed by atoms with van der Waals surface area (Å²) in [5.74, 6) is -0.148. The summed E-state index contributed by atoms with van der Waals surface area (Å²) >= 11 is 5.89. The fourth-order valence-corrected chi connectivity index (χ4v) is 3.19. The molecule has 0 aliphatic carbocycles. The first kappa shape index (κ1) is 18.2. The number of nitrogens with zero attached hydrogens (tertiary/aromatic N) is 3. The lowest BCUT2D eigenvalue weighted by Crippen LogP contribution is -2.22. The Labute approximate surface area is 167 Å². The van der Waals surface area contributed by atoms with E-state index in [-0.39, 0.29) is 5.91 Å². The molecule has 6 heteroatoms. The fraction of sp³-hybridized carbons (Fsp3) is 0.136. The summed E-state index contributed by atoms with van der Waals surface area (Å²) in [6, 6.07) is 21.1. The first-order valence-corrected chi connectivity index (χ1v) is 9.38. The fourth-order valence-electron chi connectivity index (χ4n) is 3.07. The molecule has 0 aliphatic heterocycles. The number of carbonyl (C=O) groups is 1. The highest BCUT2D eigenvalue weighted by Gasteiger charge is 2.11. The summed E-state index contributed by atoms with van der Waals surface area (Å²) in [4.78, 5) is 12.5. The Balaban J connectivity index is 1.49. The van der Waals surface area contributed by atoms with Gasteiger partial charge in [0.1, 0.15) is 5.52 Å². The predicted molar refractivity (Wildman–Crippen MR) is 110 cm³/mol. The molecular formula is C22H19ClN4O. The lowest BCUT2D eigenvalue weighted by atomic mass is 10.1.